The van der Waals surface area contributed by atoms with Crippen LogP contribution in [0.5, 0.6) is 0 Å². The second-order valence-corrected chi connectivity index (χ2v) is 9.55. The molecule has 0 saturated heterocycles. The van der Waals surface area contributed by atoms with Crippen molar-refractivity contribution >= 4 is 29.0 Å². The second kappa shape index (κ2) is 8.99. The Balaban J connectivity index is 1.86. The molecule has 8 heteroatoms. The van der Waals surface area contributed by atoms with Crippen LogP contribution in [0.3, 0.4) is 0 Å². The molecule has 2 aromatic heterocycles. The maximum absolute atomic E-state index is 12.3. The lowest BCUT2D eigenvalue weighted by Crippen LogP contribution is -2.24. The van der Waals surface area contributed by atoms with Gasteiger partial charge in [-0.25, -0.2) is 4.98 Å². The van der Waals surface area contributed by atoms with Crippen molar-refractivity contribution in [3.63, 3.8) is 0 Å². The van der Waals surface area contributed by atoms with Crippen LogP contribution in [0.25, 0.3) is 0 Å². The van der Waals surface area contributed by atoms with Crippen molar-refractivity contribution in [3.05, 3.63) is 21.9 Å². The molecule has 144 valence electrons. The lowest BCUT2D eigenvalue weighted by molar-refractivity contribution is 0.0957. The van der Waals surface area contributed by atoms with Crippen LogP contribution in [-0.2, 0) is 18.4 Å². The summed E-state index contributed by atoms with van der Waals surface area (Å²) >= 11 is 3.08. The Kier molecular flexibility index (Phi) is 7.23. The normalized spacial score (nSPS) is 12.0. The Morgan fingerprint density at radius 1 is 1.35 bits per heavy atom. The molecular weight excluding hydrogens is 366 g/mol. The first-order chi connectivity index (χ1) is 12.2. The quantitative estimate of drug-likeness (QED) is 0.544. The van der Waals surface area contributed by atoms with E-state index in [0.29, 0.717) is 17.3 Å². The summed E-state index contributed by atoms with van der Waals surface area (Å²) in [6.45, 7) is 12.2. The molecule has 6 nitrogen and oxygen atoms in total. The number of hydrogen-bond acceptors (Lipinski definition) is 6. The largest absolute Gasteiger partial charge is 0.351 e. The van der Waals surface area contributed by atoms with E-state index in [0.717, 1.165) is 35.4 Å². The summed E-state index contributed by atoms with van der Waals surface area (Å²) in [5.41, 5.74) is -0.0291. The summed E-state index contributed by atoms with van der Waals surface area (Å²) in [6, 6.07) is 0. The minimum absolute atomic E-state index is 0.0291. The van der Waals surface area contributed by atoms with Gasteiger partial charge in [0.2, 0.25) is 0 Å². The van der Waals surface area contributed by atoms with Gasteiger partial charge < -0.3 is 9.88 Å². The van der Waals surface area contributed by atoms with E-state index in [4.69, 9.17) is 0 Å². The molecule has 1 N–H and O–H groups in total. The zero-order chi connectivity index (χ0) is 19.3. The van der Waals surface area contributed by atoms with Crippen LogP contribution in [-0.4, -0.2) is 38.5 Å². The Morgan fingerprint density at radius 3 is 2.65 bits per heavy atom. The van der Waals surface area contributed by atoms with Gasteiger partial charge in [0.15, 0.2) is 5.16 Å². The number of hydrogen-bond donors (Lipinski definition) is 1. The monoisotopic (exact) mass is 395 g/mol. The average Bonchev–Trinajstić information content (AvgIpc) is 3.18. The first-order valence-corrected chi connectivity index (χ1v) is 11.0. The summed E-state index contributed by atoms with van der Waals surface area (Å²) in [7, 11) is 0. The molecule has 0 radical (unpaired) electrons. The SMILES string of the molecule is CSc1nnc(CCCNC(=O)c2cnc(C(C)(C)C)s2)n1CC(C)C. The van der Waals surface area contributed by atoms with E-state index in [1.807, 2.05) is 6.26 Å². The highest BCUT2D eigenvalue weighted by atomic mass is 32.2. The number of nitrogens with zero attached hydrogens (tertiary/aromatic N) is 4. The average molecular weight is 396 g/mol. The molecule has 0 saturated carbocycles. The molecule has 26 heavy (non-hydrogen) atoms. The maximum atomic E-state index is 12.3. The van der Waals surface area contributed by atoms with E-state index in [-0.39, 0.29) is 11.3 Å². The van der Waals surface area contributed by atoms with E-state index >= 15 is 0 Å². The summed E-state index contributed by atoms with van der Waals surface area (Å²) in [4.78, 5) is 17.3. The molecule has 1 amide bonds. The second-order valence-electron chi connectivity index (χ2n) is 7.75. The topological polar surface area (TPSA) is 72.7 Å². The summed E-state index contributed by atoms with van der Waals surface area (Å²) in [5, 5.41) is 13.5. The van der Waals surface area contributed by atoms with Crippen molar-refractivity contribution in [1.29, 1.82) is 0 Å². The van der Waals surface area contributed by atoms with Crippen LogP contribution in [0.15, 0.2) is 11.4 Å². The number of amides is 1. The van der Waals surface area contributed by atoms with Crippen molar-refractivity contribution in [2.75, 3.05) is 12.8 Å². The fraction of sp³-hybridized carbons (Fsp3) is 0.667. The van der Waals surface area contributed by atoms with Gasteiger partial charge in [-0.05, 0) is 18.6 Å². The number of aromatic nitrogens is 4. The molecule has 2 rings (SSSR count). The van der Waals surface area contributed by atoms with Crippen molar-refractivity contribution in [3.8, 4) is 0 Å². The number of thiazole rings is 1. The third-order valence-corrected chi connectivity index (χ3v) is 5.85. The third-order valence-electron chi connectivity index (χ3n) is 3.76. The van der Waals surface area contributed by atoms with Crippen LogP contribution in [0.4, 0.5) is 0 Å². The van der Waals surface area contributed by atoms with Crippen molar-refractivity contribution in [1.82, 2.24) is 25.1 Å². The number of carbonyl (C=O) groups excluding carboxylic acids is 1. The van der Waals surface area contributed by atoms with Gasteiger partial charge >= 0.3 is 0 Å². The molecular formula is C18H29N5OS2. The molecule has 0 aliphatic heterocycles. The predicted molar refractivity (Wildman–Crippen MR) is 108 cm³/mol. The molecule has 0 aliphatic carbocycles. The van der Waals surface area contributed by atoms with Gasteiger partial charge in [0.1, 0.15) is 10.7 Å². The van der Waals surface area contributed by atoms with E-state index in [1.54, 1.807) is 18.0 Å². The Morgan fingerprint density at radius 2 is 2.08 bits per heavy atom. The zero-order valence-electron chi connectivity index (χ0n) is 16.5. The van der Waals surface area contributed by atoms with Crippen molar-refractivity contribution in [2.45, 2.75) is 64.6 Å². The number of rotatable bonds is 8. The highest BCUT2D eigenvalue weighted by Gasteiger charge is 2.20. The molecule has 0 spiro atoms. The van der Waals surface area contributed by atoms with Crippen molar-refractivity contribution < 1.29 is 4.79 Å². The molecule has 0 fully saturated rings. The molecule has 0 aliphatic rings. The number of carbonyl (C=O) groups is 1. The highest BCUT2D eigenvalue weighted by molar-refractivity contribution is 7.98. The lowest BCUT2D eigenvalue weighted by Gasteiger charge is -2.13. The standard InChI is InChI=1S/C18H29N5OS2/c1-12(2)11-23-14(21-22-17(23)25-6)8-7-9-19-15(24)13-10-20-16(26-13)18(3,4)5/h10,12H,7-9,11H2,1-6H3,(H,19,24). The lowest BCUT2D eigenvalue weighted by atomic mass is 9.98. The van der Waals surface area contributed by atoms with Crippen LogP contribution < -0.4 is 5.32 Å². The minimum atomic E-state index is -0.0496. The van der Waals surface area contributed by atoms with Gasteiger partial charge in [-0.2, -0.15) is 0 Å². The van der Waals surface area contributed by atoms with Crippen LogP contribution in [0, 0.1) is 5.92 Å². The summed E-state index contributed by atoms with van der Waals surface area (Å²) in [5.74, 6) is 1.48. The van der Waals surface area contributed by atoms with E-state index < -0.39 is 0 Å². The first kappa shape index (κ1) is 20.9. The number of nitrogens with one attached hydrogen (secondary N) is 1. The Hall–Kier alpha value is -1.41. The zero-order valence-corrected chi connectivity index (χ0v) is 18.1. The summed E-state index contributed by atoms with van der Waals surface area (Å²) in [6.07, 6.45) is 5.33. The van der Waals surface area contributed by atoms with Gasteiger partial charge in [0.05, 0.1) is 11.2 Å². The van der Waals surface area contributed by atoms with Gasteiger partial charge in [0, 0.05) is 24.9 Å². The van der Waals surface area contributed by atoms with Gasteiger partial charge in [-0.1, -0.05) is 46.4 Å². The minimum Gasteiger partial charge on any atom is -0.351 e. The predicted octanol–water partition coefficient (Wildman–Crippen LogP) is 3.77. The van der Waals surface area contributed by atoms with Crippen LogP contribution >= 0.6 is 23.1 Å². The van der Waals surface area contributed by atoms with Crippen LogP contribution in [0.1, 0.15) is 61.5 Å². The first-order valence-electron chi connectivity index (χ1n) is 8.93. The highest BCUT2D eigenvalue weighted by Crippen LogP contribution is 2.26. The fourth-order valence-corrected chi connectivity index (χ4v) is 3.88. The number of aryl methyl sites for hydroxylation is 1. The third kappa shape index (κ3) is 5.54. The van der Waals surface area contributed by atoms with E-state index in [9.17, 15) is 4.79 Å². The smallest absolute Gasteiger partial charge is 0.263 e. The van der Waals surface area contributed by atoms with Gasteiger partial charge in [0.25, 0.3) is 5.91 Å². The molecule has 2 aromatic rings. The number of thioether (sulfide) groups is 1. The Bertz CT molecular complexity index is 730. The van der Waals surface area contributed by atoms with E-state index in [1.165, 1.54) is 11.3 Å². The molecule has 0 unspecified atom stereocenters. The summed E-state index contributed by atoms with van der Waals surface area (Å²) < 4.78 is 2.19. The Labute approximate surface area is 164 Å². The molecule has 0 bridgehead atoms. The fourth-order valence-electron chi connectivity index (χ4n) is 2.46. The van der Waals surface area contributed by atoms with Crippen molar-refractivity contribution in [2.24, 2.45) is 5.92 Å². The van der Waals surface area contributed by atoms with E-state index in [2.05, 4.69) is 59.7 Å². The van der Waals surface area contributed by atoms with Gasteiger partial charge in [-0.3, -0.25) is 4.79 Å². The van der Waals surface area contributed by atoms with Gasteiger partial charge in [-0.15, -0.1) is 21.5 Å². The molecule has 2 heterocycles. The van der Waals surface area contributed by atoms with Crippen LogP contribution in [0.2, 0.25) is 0 Å². The maximum Gasteiger partial charge on any atom is 0.263 e. The molecule has 0 aromatic carbocycles. The molecule has 0 atom stereocenters.